The number of nitrogens with two attached hydrogens (primary N) is 1. The van der Waals surface area contributed by atoms with Gasteiger partial charge in [0, 0.05) is 0 Å². The lowest BCUT2D eigenvalue weighted by molar-refractivity contribution is 0.221. The molecule has 15 heavy (non-hydrogen) atoms. The minimum absolute atomic E-state index is 0.741. The Kier molecular flexibility index (Phi) is 4.28. The molecule has 0 radical (unpaired) electrons. The fourth-order valence-electron chi connectivity index (χ4n) is 1.54. The summed E-state index contributed by atoms with van der Waals surface area (Å²) < 4.78 is 13.5. The Morgan fingerprint density at radius 3 is 2.20 bits per heavy atom. The van der Waals surface area contributed by atoms with E-state index >= 15 is 0 Å². The van der Waals surface area contributed by atoms with Crippen molar-refractivity contribution in [2.24, 2.45) is 5.73 Å². The first-order valence-corrected chi connectivity index (χ1v) is 5.52. The summed E-state index contributed by atoms with van der Waals surface area (Å²) >= 11 is 0. The highest BCUT2D eigenvalue weighted by atomic mass is 19.1. The average molecular weight is 209 g/mol. The number of rotatable bonds is 5. The van der Waals surface area contributed by atoms with Gasteiger partial charge in [0.05, 0.1) is 0 Å². The Bertz CT molecular complexity index is 284. The second-order valence-corrected chi connectivity index (χ2v) is 4.42. The zero-order valence-electron chi connectivity index (χ0n) is 9.59. The Labute approximate surface area is 91.5 Å². The third-order valence-corrected chi connectivity index (χ3v) is 2.56. The third-order valence-electron chi connectivity index (χ3n) is 2.56. The first-order chi connectivity index (χ1) is 7.04. The van der Waals surface area contributed by atoms with Crippen LogP contribution in [0.4, 0.5) is 4.39 Å². The summed E-state index contributed by atoms with van der Waals surface area (Å²) in [6.07, 6.45) is 3.19. The minimum Gasteiger partial charge on any atom is -0.330 e. The van der Waals surface area contributed by atoms with Crippen molar-refractivity contribution in [1.82, 2.24) is 0 Å². The van der Waals surface area contributed by atoms with Crippen LogP contribution in [0.15, 0.2) is 24.3 Å². The van der Waals surface area contributed by atoms with Gasteiger partial charge in [-0.3, -0.25) is 0 Å². The zero-order valence-corrected chi connectivity index (χ0v) is 9.59. The van der Waals surface area contributed by atoms with E-state index in [4.69, 9.17) is 5.73 Å². The molecule has 0 amide bonds. The monoisotopic (exact) mass is 209 g/mol. The first kappa shape index (κ1) is 12.2. The summed E-state index contributed by atoms with van der Waals surface area (Å²) in [6.45, 7) is 3.91. The molecule has 2 heteroatoms. The van der Waals surface area contributed by atoms with Crippen LogP contribution < -0.4 is 5.73 Å². The Morgan fingerprint density at radius 1 is 1.13 bits per heavy atom. The molecular weight excluding hydrogens is 189 g/mol. The molecule has 1 aromatic carbocycles. The highest BCUT2D eigenvalue weighted by Crippen LogP contribution is 2.24. The van der Waals surface area contributed by atoms with Crippen LogP contribution in [0.25, 0.3) is 0 Å². The number of halogens is 1. The van der Waals surface area contributed by atoms with Gasteiger partial charge in [-0.15, -0.1) is 0 Å². The van der Waals surface area contributed by atoms with Crippen LogP contribution >= 0.6 is 0 Å². The molecule has 1 rings (SSSR count). The molecule has 0 atom stereocenters. The molecule has 1 aromatic rings. The van der Waals surface area contributed by atoms with E-state index in [9.17, 15) is 4.39 Å². The standard InChI is InChI=1S/C13H20FN/c1-13(2,14)12-8-6-11(7-9-12)5-3-4-10-15/h6-9H,3-5,10,15H2,1-2H3. The largest absolute Gasteiger partial charge is 0.330 e. The van der Waals surface area contributed by atoms with Crippen molar-refractivity contribution in [3.63, 3.8) is 0 Å². The van der Waals surface area contributed by atoms with Gasteiger partial charge < -0.3 is 5.73 Å². The summed E-state index contributed by atoms with van der Waals surface area (Å²) in [5.74, 6) is 0. The number of hydrogen-bond donors (Lipinski definition) is 1. The quantitative estimate of drug-likeness (QED) is 0.741. The van der Waals surface area contributed by atoms with Gasteiger partial charge in [0.25, 0.3) is 0 Å². The van der Waals surface area contributed by atoms with E-state index in [0.717, 1.165) is 31.4 Å². The topological polar surface area (TPSA) is 26.0 Å². The summed E-state index contributed by atoms with van der Waals surface area (Å²) in [5.41, 5.74) is 6.19. The van der Waals surface area contributed by atoms with E-state index in [1.165, 1.54) is 5.56 Å². The van der Waals surface area contributed by atoms with Crippen LogP contribution in [0.5, 0.6) is 0 Å². The van der Waals surface area contributed by atoms with E-state index in [2.05, 4.69) is 0 Å². The van der Waals surface area contributed by atoms with Crippen LogP contribution in [-0.4, -0.2) is 6.54 Å². The minimum atomic E-state index is -1.24. The van der Waals surface area contributed by atoms with E-state index in [1.54, 1.807) is 13.8 Å². The molecule has 0 spiro atoms. The van der Waals surface area contributed by atoms with Crippen molar-refractivity contribution in [2.45, 2.75) is 38.8 Å². The van der Waals surface area contributed by atoms with Crippen molar-refractivity contribution >= 4 is 0 Å². The first-order valence-electron chi connectivity index (χ1n) is 5.52. The molecule has 0 aliphatic rings. The predicted octanol–water partition coefficient (Wildman–Crippen LogP) is 3.17. The van der Waals surface area contributed by atoms with Gasteiger partial charge in [0.2, 0.25) is 0 Å². The summed E-state index contributed by atoms with van der Waals surface area (Å²) in [4.78, 5) is 0. The average Bonchev–Trinajstić information content (AvgIpc) is 2.18. The SMILES string of the molecule is CC(C)(F)c1ccc(CCCCN)cc1. The number of benzene rings is 1. The van der Waals surface area contributed by atoms with Crippen molar-refractivity contribution < 1.29 is 4.39 Å². The van der Waals surface area contributed by atoms with Gasteiger partial charge >= 0.3 is 0 Å². The van der Waals surface area contributed by atoms with Crippen LogP contribution in [-0.2, 0) is 12.1 Å². The maximum Gasteiger partial charge on any atom is 0.130 e. The lowest BCUT2D eigenvalue weighted by Gasteiger charge is -2.14. The maximum absolute atomic E-state index is 13.5. The fraction of sp³-hybridized carbons (Fsp3) is 0.538. The second-order valence-electron chi connectivity index (χ2n) is 4.42. The van der Waals surface area contributed by atoms with Gasteiger partial charge in [-0.1, -0.05) is 24.3 Å². The zero-order chi connectivity index (χ0) is 11.3. The second kappa shape index (κ2) is 5.26. The van der Waals surface area contributed by atoms with Crippen LogP contribution in [0.2, 0.25) is 0 Å². The fourth-order valence-corrected chi connectivity index (χ4v) is 1.54. The molecule has 0 aliphatic carbocycles. The van der Waals surface area contributed by atoms with Gasteiger partial charge in [0.1, 0.15) is 5.67 Å². The van der Waals surface area contributed by atoms with Crippen molar-refractivity contribution in [2.75, 3.05) is 6.54 Å². The molecule has 0 aromatic heterocycles. The molecule has 0 bridgehead atoms. The van der Waals surface area contributed by atoms with E-state index in [0.29, 0.717) is 0 Å². The van der Waals surface area contributed by atoms with Crippen LogP contribution in [0.1, 0.15) is 37.8 Å². The Morgan fingerprint density at radius 2 is 1.73 bits per heavy atom. The molecule has 0 unspecified atom stereocenters. The predicted molar refractivity (Wildman–Crippen MR) is 62.6 cm³/mol. The summed E-state index contributed by atoms with van der Waals surface area (Å²) in [5, 5.41) is 0. The normalized spacial score (nSPS) is 11.7. The number of alkyl halides is 1. The van der Waals surface area contributed by atoms with E-state index in [1.807, 2.05) is 24.3 Å². The lowest BCUT2D eigenvalue weighted by Crippen LogP contribution is -2.08. The summed E-state index contributed by atoms with van der Waals surface area (Å²) in [6, 6.07) is 7.76. The lowest BCUT2D eigenvalue weighted by atomic mass is 9.97. The van der Waals surface area contributed by atoms with Crippen molar-refractivity contribution in [3.8, 4) is 0 Å². The number of aryl methyl sites for hydroxylation is 1. The highest BCUT2D eigenvalue weighted by molar-refractivity contribution is 5.26. The molecule has 0 aliphatic heterocycles. The molecule has 0 fully saturated rings. The van der Waals surface area contributed by atoms with Gasteiger partial charge in [-0.05, 0) is 50.8 Å². The van der Waals surface area contributed by atoms with Gasteiger partial charge in [0.15, 0.2) is 0 Å². The van der Waals surface area contributed by atoms with E-state index in [-0.39, 0.29) is 0 Å². The smallest absolute Gasteiger partial charge is 0.130 e. The number of hydrogen-bond acceptors (Lipinski definition) is 1. The van der Waals surface area contributed by atoms with E-state index < -0.39 is 5.67 Å². The molecule has 1 nitrogen and oxygen atoms in total. The Balaban J connectivity index is 2.57. The van der Waals surface area contributed by atoms with Crippen LogP contribution in [0.3, 0.4) is 0 Å². The van der Waals surface area contributed by atoms with Crippen LogP contribution in [0, 0.1) is 0 Å². The van der Waals surface area contributed by atoms with Gasteiger partial charge in [-0.25, -0.2) is 4.39 Å². The van der Waals surface area contributed by atoms with Gasteiger partial charge in [-0.2, -0.15) is 0 Å². The van der Waals surface area contributed by atoms with Crippen molar-refractivity contribution in [3.05, 3.63) is 35.4 Å². The maximum atomic E-state index is 13.5. The molecule has 0 saturated carbocycles. The molecule has 84 valence electrons. The molecule has 2 N–H and O–H groups in total. The summed E-state index contributed by atoms with van der Waals surface area (Å²) in [7, 11) is 0. The highest BCUT2D eigenvalue weighted by Gasteiger charge is 2.17. The Hall–Kier alpha value is -0.890. The molecular formula is C13H20FN. The third kappa shape index (κ3) is 4.00. The molecule has 0 saturated heterocycles. The van der Waals surface area contributed by atoms with Crippen molar-refractivity contribution in [1.29, 1.82) is 0 Å². The number of unbranched alkanes of at least 4 members (excludes halogenated alkanes) is 1. The molecule has 0 heterocycles.